The van der Waals surface area contributed by atoms with Crippen molar-refractivity contribution < 1.29 is 19.0 Å². The van der Waals surface area contributed by atoms with Gasteiger partial charge in [0.2, 0.25) is 0 Å². The van der Waals surface area contributed by atoms with Crippen LogP contribution < -0.4 is 0 Å². The first-order chi connectivity index (χ1) is 8.52. The molecule has 0 aromatic heterocycles. The monoisotopic (exact) mass is 364 g/mol. The van der Waals surface area contributed by atoms with Crippen LogP contribution in [0.2, 0.25) is 0 Å². The maximum atomic E-state index is 12.0. The molecule has 2 aliphatic carbocycles. The second kappa shape index (κ2) is 3.61. The van der Waals surface area contributed by atoms with Crippen LogP contribution in [0.15, 0.2) is 0 Å². The minimum absolute atomic E-state index is 0.000854. The fraction of sp³-hybridized carbons (Fsp3) is 0.923. The van der Waals surface area contributed by atoms with E-state index >= 15 is 0 Å². The third kappa shape index (κ3) is 1.36. The third-order valence-corrected chi connectivity index (χ3v) is 5.91. The zero-order valence-electron chi connectivity index (χ0n) is 10.5. The van der Waals surface area contributed by atoms with E-state index < -0.39 is 5.79 Å². The van der Waals surface area contributed by atoms with Gasteiger partial charge >= 0.3 is 5.97 Å². The van der Waals surface area contributed by atoms with Gasteiger partial charge in [0.05, 0.1) is 18.1 Å². The highest BCUT2D eigenvalue weighted by molar-refractivity contribution is 14.1. The molecule has 100 valence electrons. The summed E-state index contributed by atoms with van der Waals surface area (Å²) in [6.07, 6.45) is 1.44. The van der Waals surface area contributed by atoms with Crippen molar-refractivity contribution in [1.82, 2.24) is 0 Å². The van der Waals surface area contributed by atoms with Crippen LogP contribution >= 0.6 is 22.6 Å². The lowest BCUT2D eigenvalue weighted by atomic mass is 9.76. The average molecular weight is 364 g/mol. The van der Waals surface area contributed by atoms with E-state index in [0.717, 1.165) is 10.8 Å². The Kier molecular flexibility index (Phi) is 2.39. The Balaban J connectivity index is 1.68. The van der Waals surface area contributed by atoms with Gasteiger partial charge in [-0.2, -0.15) is 0 Å². The summed E-state index contributed by atoms with van der Waals surface area (Å²) < 4.78 is 18.5. The lowest BCUT2D eigenvalue weighted by Crippen LogP contribution is -2.42. The topological polar surface area (TPSA) is 44.8 Å². The number of carbonyl (C=O) groups excluding carboxylic acids is 1. The van der Waals surface area contributed by atoms with Crippen molar-refractivity contribution in [2.45, 2.75) is 44.4 Å². The summed E-state index contributed by atoms with van der Waals surface area (Å²) in [7, 11) is 0. The molecule has 2 aliphatic heterocycles. The molecule has 0 amide bonds. The molecule has 0 aromatic carbocycles. The van der Waals surface area contributed by atoms with Gasteiger partial charge in [-0.05, 0) is 26.2 Å². The minimum atomic E-state index is -0.491. The predicted molar refractivity (Wildman–Crippen MR) is 71.2 cm³/mol. The SMILES string of the molecule is CC1(C)O[C@@H]2[C@@H]3C[C@H]([C@@H]2O1)[C@H]1[C@@H]3C(=O)O[C@@H]1CI. The first kappa shape index (κ1) is 11.9. The predicted octanol–water partition coefficient (Wildman–Crippen LogP) is 1.75. The Morgan fingerprint density at radius 1 is 1.28 bits per heavy atom. The van der Waals surface area contributed by atoms with Crippen molar-refractivity contribution in [3.63, 3.8) is 0 Å². The Morgan fingerprint density at radius 2 is 1.94 bits per heavy atom. The molecule has 0 spiro atoms. The van der Waals surface area contributed by atoms with Crippen LogP contribution in [-0.2, 0) is 19.0 Å². The number of rotatable bonds is 1. The molecule has 0 aromatic rings. The van der Waals surface area contributed by atoms with Gasteiger partial charge in [0, 0.05) is 16.3 Å². The van der Waals surface area contributed by atoms with E-state index in [4.69, 9.17) is 14.2 Å². The van der Waals surface area contributed by atoms with Crippen molar-refractivity contribution in [3.05, 3.63) is 0 Å². The molecule has 4 nitrogen and oxygen atoms in total. The molecule has 0 radical (unpaired) electrons. The van der Waals surface area contributed by atoms with Crippen molar-refractivity contribution >= 4 is 28.6 Å². The van der Waals surface area contributed by atoms with E-state index in [0.29, 0.717) is 17.8 Å². The second-order valence-electron chi connectivity index (χ2n) is 6.36. The summed E-state index contributed by atoms with van der Waals surface area (Å²) in [5.74, 6) is 0.687. The standard InChI is InChI=1S/C13H17IO4/c1-13(2)17-10-5-3-6(11(10)18-13)9-8(5)7(4-14)16-12(9)15/h5-11H,3-4H2,1-2H3/t5-,6+,7+,8+,9+,10-,11+/m0/s1. The quantitative estimate of drug-likeness (QED) is 0.404. The number of halogens is 1. The molecule has 0 unspecified atom stereocenters. The lowest BCUT2D eigenvalue weighted by Gasteiger charge is -2.30. The number of cyclic esters (lactones) is 1. The van der Waals surface area contributed by atoms with Crippen LogP contribution in [0.1, 0.15) is 20.3 Å². The van der Waals surface area contributed by atoms with Gasteiger partial charge in [0.25, 0.3) is 0 Å². The van der Waals surface area contributed by atoms with E-state index in [1.165, 1.54) is 0 Å². The fourth-order valence-electron chi connectivity index (χ4n) is 4.62. The summed E-state index contributed by atoms with van der Waals surface area (Å²) in [5, 5.41) is 0. The Hall–Kier alpha value is 0.120. The van der Waals surface area contributed by atoms with E-state index in [-0.39, 0.29) is 30.2 Å². The van der Waals surface area contributed by atoms with Crippen molar-refractivity contribution in [3.8, 4) is 0 Å². The number of ether oxygens (including phenoxy) is 3. The normalized spacial score (nSPS) is 55.5. The summed E-state index contributed by atoms with van der Waals surface area (Å²) in [4.78, 5) is 12.0. The molecule has 0 N–H and O–H groups in total. The van der Waals surface area contributed by atoms with Crippen LogP contribution in [0.3, 0.4) is 0 Å². The van der Waals surface area contributed by atoms with Gasteiger partial charge in [-0.3, -0.25) is 4.79 Å². The van der Waals surface area contributed by atoms with Crippen LogP contribution in [0.5, 0.6) is 0 Å². The second-order valence-corrected chi connectivity index (χ2v) is 7.24. The number of hydrogen-bond acceptors (Lipinski definition) is 4. The lowest BCUT2D eigenvalue weighted by molar-refractivity contribution is -0.163. The van der Waals surface area contributed by atoms with E-state index in [1.54, 1.807) is 0 Å². The van der Waals surface area contributed by atoms with Gasteiger partial charge in [-0.25, -0.2) is 0 Å². The Morgan fingerprint density at radius 3 is 2.61 bits per heavy atom. The van der Waals surface area contributed by atoms with Crippen molar-refractivity contribution in [2.75, 3.05) is 4.43 Å². The summed E-state index contributed by atoms with van der Waals surface area (Å²) in [6.45, 7) is 3.93. The highest BCUT2D eigenvalue weighted by Crippen LogP contribution is 2.61. The number of alkyl halides is 1. The highest BCUT2D eigenvalue weighted by atomic mass is 127. The first-order valence-electron chi connectivity index (χ1n) is 6.64. The van der Waals surface area contributed by atoms with Crippen LogP contribution in [-0.4, -0.2) is 34.5 Å². The number of carbonyl (C=O) groups is 1. The first-order valence-corrected chi connectivity index (χ1v) is 8.16. The molecule has 2 bridgehead atoms. The molecular formula is C13H17IO4. The highest BCUT2D eigenvalue weighted by Gasteiger charge is 2.69. The molecule has 2 saturated heterocycles. The molecule has 7 atom stereocenters. The third-order valence-electron chi connectivity index (χ3n) is 5.04. The number of esters is 1. The zero-order chi connectivity index (χ0) is 12.7. The van der Waals surface area contributed by atoms with Gasteiger partial charge in [0.1, 0.15) is 6.10 Å². The summed E-state index contributed by atoms with van der Waals surface area (Å²) >= 11 is 2.31. The van der Waals surface area contributed by atoms with Crippen molar-refractivity contribution in [2.24, 2.45) is 23.7 Å². The minimum Gasteiger partial charge on any atom is -0.461 e. The van der Waals surface area contributed by atoms with E-state index in [2.05, 4.69) is 22.6 Å². The van der Waals surface area contributed by atoms with E-state index in [9.17, 15) is 4.79 Å². The largest absolute Gasteiger partial charge is 0.461 e. The molecular weight excluding hydrogens is 347 g/mol. The van der Waals surface area contributed by atoms with E-state index in [1.807, 2.05) is 13.8 Å². The van der Waals surface area contributed by atoms with Crippen LogP contribution in [0.4, 0.5) is 0 Å². The summed E-state index contributed by atoms with van der Waals surface area (Å²) in [6, 6.07) is 0. The average Bonchev–Trinajstić information content (AvgIpc) is 2.95. The fourth-order valence-corrected chi connectivity index (χ4v) is 5.39. The van der Waals surface area contributed by atoms with Gasteiger partial charge in [-0.1, -0.05) is 22.6 Å². The number of fused-ring (bicyclic) bond motifs is 8. The van der Waals surface area contributed by atoms with Crippen LogP contribution in [0.25, 0.3) is 0 Å². The smallest absolute Gasteiger partial charge is 0.310 e. The Labute approximate surface area is 120 Å². The van der Waals surface area contributed by atoms with Crippen molar-refractivity contribution in [1.29, 1.82) is 0 Å². The zero-order valence-corrected chi connectivity index (χ0v) is 12.6. The summed E-state index contributed by atoms with van der Waals surface area (Å²) in [5.41, 5.74) is 0. The molecule has 4 rings (SSSR count). The van der Waals surface area contributed by atoms with Crippen LogP contribution in [0, 0.1) is 23.7 Å². The maximum Gasteiger partial charge on any atom is 0.310 e. The molecule has 4 fully saturated rings. The maximum absolute atomic E-state index is 12.0. The molecule has 2 saturated carbocycles. The van der Waals surface area contributed by atoms with Gasteiger partial charge < -0.3 is 14.2 Å². The number of hydrogen-bond donors (Lipinski definition) is 0. The molecule has 2 heterocycles. The molecule has 18 heavy (non-hydrogen) atoms. The van der Waals surface area contributed by atoms with Gasteiger partial charge in [0.15, 0.2) is 5.79 Å². The Bertz CT molecular complexity index is 410. The van der Waals surface area contributed by atoms with Gasteiger partial charge in [-0.15, -0.1) is 0 Å². The molecule has 5 heteroatoms. The molecule has 4 aliphatic rings.